The van der Waals surface area contributed by atoms with E-state index < -0.39 is 11.6 Å². The lowest BCUT2D eigenvalue weighted by Crippen LogP contribution is -2.55. The van der Waals surface area contributed by atoms with Crippen molar-refractivity contribution in [3.05, 3.63) is 12.7 Å². The highest BCUT2D eigenvalue weighted by molar-refractivity contribution is 5.81. The molecule has 19 heavy (non-hydrogen) atoms. The number of hydrogen-bond acceptors (Lipinski definition) is 4. The highest BCUT2D eigenvalue weighted by atomic mass is 16.5. The standard InChI is InChI=1S/C14H23N3O2/c1-4-5-10-19-12(2)13(18)16-14(11-15)6-8-17(3)9-7-14/h4,12H,1,5-10H2,2-3H3,(H,16,18). The molecular weight excluding hydrogens is 242 g/mol. The van der Waals surface area contributed by atoms with Crippen LogP contribution in [0.5, 0.6) is 0 Å². The second-order valence-corrected chi connectivity index (χ2v) is 5.08. The third kappa shape index (κ3) is 4.66. The molecule has 0 spiro atoms. The number of likely N-dealkylation sites (tertiary alicyclic amines) is 1. The molecule has 1 fully saturated rings. The van der Waals surface area contributed by atoms with Crippen LogP contribution in [0.15, 0.2) is 12.7 Å². The predicted octanol–water partition coefficient (Wildman–Crippen LogP) is 1.07. The maximum absolute atomic E-state index is 12.0. The minimum absolute atomic E-state index is 0.213. The molecule has 1 aliphatic rings. The number of carbonyl (C=O) groups excluding carboxylic acids is 1. The second-order valence-electron chi connectivity index (χ2n) is 5.08. The van der Waals surface area contributed by atoms with Crippen LogP contribution in [0.3, 0.4) is 0 Å². The van der Waals surface area contributed by atoms with Crippen molar-refractivity contribution in [3.8, 4) is 6.07 Å². The van der Waals surface area contributed by atoms with Gasteiger partial charge < -0.3 is 15.0 Å². The zero-order chi connectivity index (χ0) is 14.3. The van der Waals surface area contributed by atoms with Gasteiger partial charge in [-0.3, -0.25) is 4.79 Å². The smallest absolute Gasteiger partial charge is 0.250 e. The van der Waals surface area contributed by atoms with Gasteiger partial charge in [-0.1, -0.05) is 6.08 Å². The van der Waals surface area contributed by atoms with Crippen LogP contribution in [0, 0.1) is 11.3 Å². The Morgan fingerprint density at radius 2 is 2.26 bits per heavy atom. The van der Waals surface area contributed by atoms with Crippen LogP contribution in [0.2, 0.25) is 0 Å². The van der Waals surface area contributed by atoms with Crippen LogP contribution in [0.25, 0.3) is 0 Å². The number of amides is 1. The Morgan fingerprint density at radius 3 is 2.79 bits per heavy atom. The lowest BCUT2D eigenvalue weighted by Gasteiger charge is -2.36. The summed E-state index contributed by atoms with van der Waals surface area (Å²) in [7, 11) is 2.02. The summed E-state index contributed by atoms with van der Waals surface area (Å²) in [5.74, 6) is -0.213. The molecule has 0 radical (unpaired) electrons. The molecule has 0 bridgehead atoms. The number of rotatable bonds is 6. The van der Waals surface area contributed by atoms with Gasteiger partial charge in [-0.25, -0.2) is 0 Å². The van der Waals surface area contributed by atoms with E-state index in [1.807, 2.05) is 7.05 Å². The Bertz CT molecular complexity index is 354. The molecule has 1 unspecified atom stereocenters. The van der Waals surface area contributed by atoms with Crippen molar-refractivity contribution < 1.29 is 9.53 Å². The molecule has 0 aromatic heterocycles. The first-order valence-corrected chi connectivity index (χ1v) is 6.67. The van der Waals surface area contributed by atoms with Gasteiger partial charge in [-0.2, -0.15) is 5.26 Å². The predicted molar refractivity (Wildman–Crippen MR) is 73.4 cm³/mol. The molecule has 0 aromatic carbocycles. The van der Waals surface area contributed by atoms with Gasteiger partial charge in [-0.05, 0) is 33.2 Å². The number of ether oxygens (including phenoxy) is 1. The summed E-state index contributed by atoms with van der Waals surface area (Å²) in [6.45, 7) is 7.42. The van der Waals surface area contributed by atoms with E-state index >= 15 is 0 Å². The van der Waals surface area contributed by atoms with Crippen LogP contribution >= 0.6 is 0 Å². The molecule has 1 atom stereocenters. The number of hydrogen-bond donors (Lipinski definition) is 1. The third-order valence-corrected chi connectivity index (χ3v) is 3.48. The minimum atomic E-state index is -0.736. The second kappa shape index (κ2) is 7.27. The lowest BCUT2D eigenvalue weighted by atomic mass is 9.89. The Morgan fingerprint density at radius 1 is 1.63 bits per heavy atom. The highest BCUT2D eigenvalue weighted by Crippen LogP contribution is 2.21. The van der Waals surface area contributed by atoms with Crippen molar-refractivity contribution in [2.24, 2.45) is 0 Å². The van der Waals surface area contributed by atoms with E-state index in [4.69, 9.17) is 4.74 Å². The molecule has 1 rings (SSSR count). The molecule has 0 aliphatic carbocycles. The van der Waals surface area contributed by atoms with E-state index in [0.717, 1.165) is 13.1 Å². The van der Waals surface area contributed by atoms with Crippen molar-refractivity contribution in [1.82, 2.24) is 10.2 Å². The van der Waals surface area contributed by atoms with Gasteiger partial charge in [0.2, 0.25) is 5.91 Å². The zero-order valence-corrected chi connectivity index (χ0v) is 11.8. The van der Waals surface area contributed by atoms with Crippen molar-refractivity contribution >= 4 is 5.91 Å². The Hall–Kier alpha value is -1.38. The Kier molecular flexibility index (Phi) is 6.00. The maximum Gasteiger partial charge on any atom is 0.250 e. The first-order chi connectivity index (χ1) is 9.03. The molecule has 106 valence electrons. The van der Waals surface area contributed by atoms with Gasteiger partial charge in [0.1, 0.15) is 11.6 Å². The molecule has 5 nitrogen and oxygen atoms in total. The maximum atomic E-state index is 12.0. The normalized spacial score (nSPS) is 20.3. The fourth-order valence-electron chi connectivity index (χ4n) is 2.01. The molecule has 0 aromatic rings. The summed E-state index contributed by atoms with van der Waals surface area (Å²) < 4.78 is 5.39. The summed E-state index contributed by atoms with van der Waals surface area (Å²) in [6, 6.07) is 2.26. The van der Waals surface area contributed by atoms with Gasteiger partial charge in [0.15, 0.2) is 0 Å². The number of nitrogens with zero attached hydrogens (tertiary/aromatic N) is 2. The summed E-state index contributed by atoms with van der Waals surface area (Å²) in [5, 5.41) is 12.2. The molecule has 1 N–H and O–H groups in total. The van der Waals surface area contributed by atoms with Crippen molar-refractivity contribution in [2.75, 3.05) is 26.7 Å². The van der Waals surface area contributed by atoms with E-state index in [2.05, 4.69) is 22.9 Å². The summed E-state index contributed by atoms with van der Waals surface area (Å²) in [6.07, 6.45) is 3.24. The fourth-order valence-corrected chi connectivity index (χ4v) is 2.01. The fraction of sp³-hybridized carbons (Fsp3) is 0.714. The highest BCUT2D eigenvalue weighted by Gasteiger charge is 2.36. The van der Waals surface area contributed by atoms with E-state index in [0.29, 0.717) is 25.9 Å². The van der Waals surface area contributed by atoms with Gasteiger partial charge in [0.25, 0.3) is 0 Å². The molecule has 5 heteroatoms. The van der Waals surface area contributed by atoms with Crippen molar-refractivity contribution in [2.45, 2.75) is 37.8 Å². The van der Waals surface area contributed by atoms with Gasteiger partial charge >= 0.3 is 0 Å². The van der Waals surface area contributed by atoms with E-state index in [9.17, 15) is 10.1 Å². The van der Waals surface area contributed by atoms with Crippen LogP contribution in [-0.4, -0.2) is 49.2 Å². The van der Waals surface area contributed by atoms with Gasteiger partial charge in [-0.15, -0.1) is 6.58 Å². The third-order valence-electron chi connectivity index (χ3n) is 3.48. The Labute approximate surface area is 115 Å². The van der Waals surface area contributed by atoms with Crippen LogP contribution in [0.1, 0.15) is 26.2 Å². The van der Waals surface area contributed by atoms with Crippen LogP contribution < -0.4 is 5.32 Å². The minimum Gasteiger partial charge on any atom is -0.368 e. The van der Waals surface area contributed by atoms with Gasteiger partial charge in [0.05, 0.1) is 12.7 Å². The number of piperidine rings is 1. The molecule has 0 saturated carbocycles. The molecule has 1 heterocycles. The average Bonchev–Trinajstić information content (AvgIpc) is 2.42. The average molecular weight is 265 g/mol. The zero-order valence-electron chi connectivity index (χ0n) is 11.8. The van der Waals surface area contributed by atoms with E-state index in [1.54, 1.807) is 13.0 Å². The first-order valence-electron chi connectivity index (χ1n) is 6.67. The van der Waals surface area contributed by atoms with Gasteiger partial charge in [0, 0.05) is 13.1 Å². The van der Waals surface area contributed by atoms with Crippen molar-refractivity contribution in [1.29, 1.82) is 5.26 Å². The van der Waals surface area contributed by atoms with Crippen molar-refractivity contribution in [3.63, 3.8) is 0 Å². The van der Waals surface area contributed by atoms with E-state index in [-0.39, 0.29) is 5.91 Å². The molecule has 1 saturated heterocycles. The summed E-state index contributed by atoms with van der Waals surface area (Å²) in [4.78, 5) is 14.2. The Balaban J connectivity index is 2.49. The molecular formula is C14H23N3O2. The van der Waals surface area contributed by atoms with Crippen LogP contribution in [0.4, 0.5) is 0 Å². The molecule has 1 aliphatic heterocycles. The number of nitrogens with one attached hydrogen (secondary N) is 1. The quantitative estimate of drug-likeness (QED) is 0.576. The number of nitriles is 1. The topological polar surface area (TPSA) is 65.4 Å². The first kappa shape index (κ1) is 15.7. The lowest BCUT2D eigenvalue weighted by molar-refractivity contribution is -0.133. The summed E-state index contributed by atoms with van der Waals surface area (Å²) >= 11 is 0. The van der Waals surface area contributed by atoms with Crippen LogP contribution in [-0.2, 0) is 9.53 Å². The number of carbonyl (C=O) groups is 1. The van der Waals surface area contributed by atoms with E-state index in [1.165, 1.54) is 0 Å². The summed E-state index contributed by atoms with van der Waals surface area (Å²) in [5.41, 5.74) is -0.736. The molecule has 1 amide bonds. The monoisotopic (exact) mass is 265 g/mol. The largest absolute Gasteiger partial charge is 0.368 e. The SMILES string of the molecule is C=CCCOC(C)C(=O)NC1(C#N)CCN(C)CC1.